The molecule has 5 rings (SSSR count). The number of hydrogen-bond donors (Lipinski definition) is 1. The SMILES string of the molecule is C[C@@H](NC(=O)c1cnc2c(C3=CCC4(CC3)CC4)cccc2c1)C1=C[I-]C=CO1. The van der Waals surface area contributed by atoms with Crippen LogP contribution < -0.4 is 26.5 Å². The maximum absolute atomic E-state index is 12.8. The Kier molecular flexibility index (Phi) is 4.94. The number of fused-ring (bicyclic) bond motifs is 1. The van der Waals surface area contributed by atoms with Crippen LogP contribution in [0.4, 0.5) is 0 Å². The van der Waals surface area contributed by atoms with Crippen molar-refractivity contribution >= 4 is 22.4 Å². The van der Waals surface area contributed by atoms with Crippen LogP contribution in [0.15, 0.2) is 56.7 Å². The molecule has 0 bridgehead atoms. The molecule has 2 heterocycles. The molecule has 1 spiro atoms. The van der Waals surface area contributed by atoms with Gasteiger partial charge in [0.1, 0.15) is 0 Å². The number of nitrogens with one attached hydrogen (secondary N) is 1. The Morgan fingerprint density at radius 1 is 1.31 bits per heavy atom. The number of halogens is 1. The van der Waals surface area contributed by atoms with Crippen molar-refractivity contribution in [1.82, 2.24) is 10.3 Å². The van der Waals surface area contributed by atoms with Gasteiger partial charge in [0.15, 0.2) is 0 Å². The van der Waals surface area contributed by atoms with Gasteiger partial charge in [-0.2, -0.15) is 0 Å². The number of nitrogens with zero attached hydrogens (tertiary/aromatic N) is 1. The first kappa shape index (κ1) is 18.9. The van der Waals surface area contributed by atoms with Gasteiger partial charge in [0.25, 0.3) is 0 Å². The van der Waals surface area contributed by atoms with Crippen molar-refractivity contribution in [2.75, 3.05) is 0 Å². The van der Waals surface area contributed by atoms with Crippen LogP contribution in [-0.2, 0) is 4.74 Å². The Bertz CT molecular complexity index is 1070. The van der Waals surface area contributed by atoms with Crippen LogP contribution in [0.25, 0.3) is 16.5 Å². The number of amides is 1. The summed E-state index contributed by atoms with van der Waals surface area (Å²) in [6.07, 6.45) is 12.2. The van der Waals surface area contributed by atoms with E-state index in [0.29, 0.717) is 11.0 Å². The van der Waals surface area contributed by atoms with E-state index in [1.54, 1.807) is 12.5 Å². The Labute approximate surface area is 181 Å². The fraction of sp³-hybridized carbons (Fsp3) is 0.333. The molecule has 150 valence electrons. The van der Waals surface area contributed by atoms with Crippen molar-refractivity contribution in [3.8, 4) is 0 Å². The number of allylic oxidation sites excluding steroid dienone is 2. The van der Waals surface area contributed by atoms with Crippen molar-refractivity contribution in [2.24, 2.45) is 5.41 Å². The minimum absolute atomic E-state index is 0.114. The van der Waals surface area contributed by atoms with Gasteiger partial charge in [-0.05, 0) is 31.1 Å². The van der Waals surface area contributed by atoms with Gasteiger partial charge in [-0.3, -0.25) is 0 Å². The van der Waals surface area contributed by atoms with Crippen LogP contribution in [0, 0.1) is 5.41 Å². The molecule has 2 aromatic rings. The van der Waals surface area contributed by atoms with Crippen LogP contribution in [0.1, 0.15) is 54.9 Å². The molecule has 1 atom stereocenters. The van der Waals surface area contributed by atoms with Crippen LogP contribution >= 0.6 is 0 Å². The van der Waals surface area contributed by atoms with Crippen LogP contribution in [0.5, 0.6) is 0 Å². The molecule has 0 saturated heterocycles. The fourth-order valence-corrected chi connectivity index (χ4v) is 5.73. The molecular formula is C24H24IN2O2-. The van der Waals surface area contributed by atoms with Crippen molar-refractivity contribution in [2.45, 2.75) is 45.1 Å². The molecule has 5 heteroatoms. The molecule has 1 saturated carbocycles. The summed E-state index contributed by atoms with van der Waals surface area (Å²) in [5.41, 5.74) is 4.82. The molecule has 4 nitrogen and oxygen atoms in total. The van der Waals surface area contributed by atoms with Crippen molar-refractivity contribution in [1.29, 1.82) is 0 Å². The van der Waals surface area contributed by atoms with Crippen molar-refractivity contribution < 1.29 is 30.7 Å². The van der Waals surface area contributed by atoms with Gasteiger partial charge in [0.2, 0.25) is 0 Å². The fourth-order valence-electron chi connectivity index (χ4n) is 4.17. The first-order chi connectivity index (χ1) is 14.1. The standard InChI is InChI=1S/C24H24IN2O2/c1-16(21-14-25-11-12-29-21)27-23(28)19-13-18-3-2-4-20(22(18)26-15-19)17-5-7-24(8-6-17)9-10-24/h2-5,11-16H,6-10H2,1H3,(H,27,28)/q-1/t16-/m1/s1. The zero-order valence-corrected chi connectivity index (χ0v) is 18.6. The number of hydrogen-bond acceptors (Lipinski definition) is 3. The third kappa shape index (κ3) is 3.84. The summed E-state index contributed by atoms with van der Waals surface area (Å²) < 4.78 is 9.67. The number of para-hydroxylation sites is 1. The molecule has 1 N–H and O–H groups in total. The van der Waals surface area contributed by atoms with Gasteiger partial charge in [-0.25, -0.2) is 0 Å². The first-order valence-corrected chi connectivity index (χ1v) is 12.7. The number of pyridine rings is 1. The maximum atomic E-state index is 12.8. The number of ether oxygens (including phenoxy) is 1. The number of benzene rings is 1. The van der Waals surface area contributed by atoms with Gasteiger partial charge in [-0.1, -0.05) is 0 Å². The van der Waals surface area contributed by atoms with E-state index in [1.165, 1.54) is 36.8 Å². The van der Waals surface area contributed by atoms with Gasteiger partial charge in [-0.15, -0.1) is 0 Å². The summed E-state index contributed by atoms with van der Waals surface area (Å²) in [5, 5.41) is 4.04. The molecule has 1 amide bonds. The molecular weight excluding hydrogens is 475 g/mol. The molecule has 1 fully saturated rings. The van der Waals surface area contributed by atoms with E-state index in [1.807, 2.05) is 23.1 Å². The van der Waals surface area contributed by atoms with Gasteiger partial charge in [0.05, 0.1) is 0 Å². The number of aromatic nitrogens is 1. The van der Waals surface area contributed by atoms with Crippen molar-refractivity contribution in [3.05, 3.63) is 67.9 Å². The second kappa shape index (κ2) is 7.59. The zero-order chi connectivity index (χ0) is 19.8. The van der Waals surface area contributed by atoms with E-state index < -0.39 is 0 Å². The average molecular weight is 499 g/mol. The predicted molar refractivity (Wildman–Crippen MR) is 110 cm³/mol. The molecule has 0 radical (unpaired) electrons. The van der Waals surface area contributed by atoms with Crippen LogP contribution in [-0.4, -0.2) is 16.9 Å². The van der Waals surface area contributed by atoms with Crippen molar-refractivity contribution in [3.63, 3.8) is 0 Å². The summed E-state index contributed by atoms with van der Waals surface area (Å²) in [4.78, 5) is 17.4. The average Bonchev–Trinajstić information content (AvgIpc) is 3.53. The molecule has 0 unspecified atom stereocenters. The number of carbonyl (C=O) groups is 1. The van der Waals surface area contributed by atoms with E-state index in [2.05, 4.69) is 27.6 Å². The predicted octanol–water partition coefficient (Wildman–Crippen LogP) is 2.13. The van der Waals surface area contributed by atoms with Gasteiger partial charge in [0, 0.05) is 0 Å². The summed E-state index contributed by atoms with van der Waals surface area (Å²) in [6, 6.07) is 8.07. The van der Waals surface area contributed by atoms with E-state index >= 15 is 0 Å². The van der Waals surface area contributed by atoms with Crippen LogP contribution in [0.2, 0.25) is 0 Å². The van der Waals surface area contributed by atoms with Gasteiger partial charge < -0.3 is 0 Å². The molecule has 1 aliphatic heterocycles. The third-order valence-electron chi connectivity index (χ3n) is 6.26. The van der Waals surface area contributed by atoms with Crippen LogP contribution in [0.3, 0.4) is 0 Å². The van der Waals surface area contributed by atoms with E-state index in [0.717, 1.165) is 23.1 Å². The molecule has 1 aromatic carbocycles. The second-order valence-corrected chi connectivity index (χ2v) is 10.3. The van der Waals surface area contributed by atoms with E-state index in [9.17, 15) is 4.79 Å². The Morgan fingerprint density at radius 3 is 2.93 bits per heavy atom. The quantitative estimate of drug-likeness (QED) is 0.657. The van der Waals surface area contributed by atoms with E-state index in [-0.39, 0.29) is 33.2 Å². The zero-order valence-electron chi connectivity index (χ0n) is 16.5. The monoisotopic (exact) mass is 499 g/mol. The number of carbonyl (C=O) groups excluding carboxylic acids is 1. The molecule has 3 aliphatic rings. The Balaban J connectivity index is 1.37. The summed E-state index contributed by atoms with van der Waals surface area (Å²) in [6.45, 7) is 1.95. The third-order valence-corrected chi connectivity index (χ3v) is 7.94. The summed E-state index contributed by atoms with van der Waals surface area (Å²) in [7, 11) is 0. The molecule has 1 aromatic heterocycles. The minimum atomic E-state index is -0.156. The number of rotatable bonds is 4. The Hall–Kier alpha value is -2.15. The van der Waals surface area contributed by atoms with E-state index in [4.69, 9.17) is 9.72 Å². The molecule has 2 aliphatic carbocycles. The normalized spacial score (nSPS) is 20.9. The Morgan fingerprint density at radius 2 is 2.21 bits per heavy atom. The topological polar surface area (TPSA) is 51.2 Å². The summed E-state index contributed by atoms with van der Waals surface area (Å²) >= 11 is -0.114. The molecule has 29 heavy (non-hydrogen) atoms. The van der Waals surface area contributed by atoms with Gasteiger partial charge >= 0.3 is 151 Å². The second-order valence-electron chi connectivity index (χ2n) is 8.25. The summed E-state index contributed by atoms with van der Waals surface area (Å²) in [5.74, 6) is 0.699. The first-order valence-electron chi connectivity index (χ1n) is 10.2.